The van der Waals surface area contributed by atoms with Crippen molar-refractivity contribution in [2.24, 2.45) is 0 Å². The summed E-state index contributed by atoms with van der Waals surface area (Å²) in [7, 11) is -4.85. The average molecular weight is 697 g/mol. The van der Waals surface area contributed by atoms with Gasteiger partial charge in [0.25, 0.3) is 0 Å². The number of halogens is 1. The van der Waals surface area contributed by atoms with Gasteiger partial charge in [0, 0.05) is 37.5 Å². The molecule has 0 aromatic heterocycles. The molecule has 3 heterocycles. The largest absolute Gasteiger partial charge is 0.744 e. The Balaban J connectivity index is 0.000000312. The van der Waals surface area contributed by atoms with E-state index >= 15 is 0 Å². The summed E-state index contributed by atoms with van der Waals surface area (Å²) in [5.74, 6) is 1.89. The first-order valence-electron chi connectivity index (χ1n) is 15.9. The molecule has 0 saturated carbocycles. The van der Waals surface area contributed by atoms with Crippen LogP contribution in [0.4, 0.5) is 4.39 Å². The molecule has 0 spiro atoms. The van der Waals surface area contributed by atoms with E-state index in [0.717, 1.165) is 115 Å². The molecule has 0 N–H and O–H groups in total. The molecule has 0 amide bonds. The first-order valence-corrected chi connectivity index (χ1v) is 18.5. The number of hydrogen-bond acceptors (Lipinski definition) is 9. The molecule has 4 aromatic carbocycles. The molecule has 7 rings (SSSR count). The maximum atomic E-state index is 12.2. The summed E-state index contributed by atoms with van der Waals surface area (Å²) < 4.78 is 78.6. The average Bonchev–Trinajstić information content (AvgIpc) is 3.88. The zero-order valence-electron chi connectivity index (χ0n) is 26.2. The van der Waals surface area contributed by atoms with E-state index in [-0.39, 0.29) is 18.9 Å². The van der Waals surface area contributed by atoms with Gasteiger partial charge in [-0.15, -0.1) is 0 Å². The van der Waals surface area contributed by atoms with Gasteiger partial charge in [0.2, 0.25) is 0 Å². The van der Waals surface area contributed by atoms with Gasteiger partial charge in [-0.3, -0.25) is 0 Å². The lowest BCUT2D eigenvalue weighted by Gasteiger charge is -2.16. The molecule has 254 valence electrons. The van der Waals surface area contributed by atoms with Gasteiger partial charge >= 0.3 is 0 Å². The zero-order valence-corrected chi connectivity index (χ0v) is 27.8. The van der Waals surface area contributed by atoms with E-state index in [1.807, 2.05) is 18.2 Å². The lowest BCUT2D eigenvalue weighted by atomic mass is 10.3. The minimum Gasteiger partial charge on any atom is -0.744 e. The summed E-state index contributed by atoms with van der Waals surface area (Å²) in [6, 6.07) is 28.7. The quantitative estimate of drug-likeness (QED) is 0.127. The van der Waals surface area contributed by atoms with Gasteiger partial charge in [-0.05, 0) is 79.9 Å². The highest BCUT2D eigenvalue weighted by Gasteiger charge is 2.32. The summed E-state index contributed by atoms with van der Waals surface area (Å²) in [5.41, 5.74) is 0. The Kier molecular flexibility index (Phi) is 11.5. The monoisotopic (exact) mass is 696 g/mol. The Bertz CT molecular complexity index is 1590. The second-order valence-electron chi connectivity index (χ2n) is 11.3. The van der Waals surface area contributed by atoms with Crippen molar-refractivity contribution in [3.05, 3.63) is 103 Å². The summed E-state index contributed by atoms with van der Waals surface area (Å²) in [6.45, 7) is 2.26. The van der Waals surface area contributed by atoms with Crippen LogP contribution in [-0.4, -0.2) is 51.7 Å². The van der Waals surface area contributed by atoms with Crippen LogP contribution in [0, 0.1) is 5.82 Å². The molecular formula is C36H37FO9S2. The van der Waals surface area contributed by atoms with E-state index in [1.165, 1.54) is 0 Å². The lowest BCUT2D eigenvalue weighted by Crippen LogP contribution is -2.15. The van der Waals surface area contributed by atoms with E-state index in [1.54, 1.807) is 0 Å². The van der Waals surface area contributed by atoms with Crippen LogP contribution in [-0.2, 0) is 35.2 Å². The highest BCUT2D eigenvalue weighted by atomic mass is 32.2. The Hall–Kier alpha value is -3.65. The van der Waals surface area contributed by atoms with Crippen molar-refractivity contribution in [3.63, 3.8) is 0 Å². The van der Waals surface area contributed by atoms with Crippen LogP contribution in [0.5, 0.6) is 17.2 Å². The fraction of sp³-hybridized carbons (Fsp3) is 0.333. The second kappa shape index (κ2) is 16.2. The Labute approximate surface area is 283 Å². The normalized spacial score (nSPS) is 21.2. The molecule has 0 bridgehead atoms. The van der Waals surface area contributed by atoms with Gasteiger partial charge in [0.15, 0.2) is 33.6 Å². The number of benzene rings is 4. The van der Waals surface area contributed by atoms with E-state index < -0.39 is 31.7 Å². The van der Waals surface area contributed by atoms with Gasteiger partial charge in [-0.2, -0.15) is 0 Å². The molecule has 4 aromatic rings. The third-order valence-corrected chi connectivity index (χ3v) is 10.7. The van der Waals surface area contributed by atoms with Crippen molar-refractivity contribution in [1.82, 2.24) is 0 Å². The maximum Gasteiger partial charge on any atom is 0.199 e. The Morgan fingerprint density at radius 2 is 0.979 bits per heavy atom. The third kappa shape index (κ3) is 9.49. The van der Waals surface area contributed by atoms with Crippen molar-refractivity contribution >= 4 is 21.0 Å². The fourth-order valence-corrected chi connectivity index (χ4v) is 8.04. The van der Waals surface area contributed by atoms with Crippen LogP contribution < -0.4 is 14.2 Å². The fourth-order valence-electron chi connectivity index (χ4n) is 5.41. The molecule has 9 nitrogen and oxygen atoms in total. The molecule has 48 heavy (non-hydrogen) atoms. The molecule has 12 heteroatoms. The number of hydrogen-bond donors (Lipinski definition) is 0. The topological polar surface area (TPSA) is 113 Å². The molecule has 0 aliphatic carbocycles. The highest BCUT2D eigenvalue weighted by molar-refractivity contribution is 7.97. The molecule has 3 aliphatic heterocycles. The van der Waals surface area contributed by atoms with Crippen molar-refractivity contribution in [3.8, 4) is 17.2 Å². The SMILES string of the molecule is O=S(=O)([O-])c1ccc(F)cc1.c1cc(OC2CCCO2)cc([S+](c2cccc(OC3CCCO3)c2)c2cccc(OC3CCCO3)c2)c1. The third-order valence-electron chi connectivity index (χ3n) is 7.69. The predicted octanol–water partition coefficient (Wildman–Crippen LogP) is 7.06. The summed E-state index contributed by atoms with van der Waals surface area (Å²) in [6.07, 6.45) is 5.32. The van der Waals surface area contributed by atoms with Crippen LogP contribution in [0.25, 0.3) is 0 Å². The van der Waals surface area contributed by atoms with Gasteiger partial charge in [-0.25, -0.2) is 12.8 Å². The van der Waals surface area contributed by atoms with Crippen LogP contribution >= 0.6 is 0 Å². The summed E-state index contributed by atoms with van der Waals surface area (Å²) >= 11 is 0. The van der Waals surface area contributed by atoms with Crippen molar-refractivity contribution in [1.29, 1.82) is 0 Å². The minimum atomic E-state index is -4.44. The van der Waals surface area contributed by atoms with Gasteiger partial charge in [0.05, 0.1) is 35.6 Å². The lowest BCUT2D eigenvalue weighted by molar-refractivity contribution is -0.0394. The van der Waals surface area contributed by atoms with Crippen molar-refractivity contribution < 1.29 is 45.8 Å². The number of rotatable bonds is 10. The molecule has 3 aliphatic rings. The second-order valence-corrected chi connectivity index (χ2v) is 14.7. The first-order chi connectivity index (χ1) is 23.3. The van der Waals surface area contributed by atoms with Crippen LogP contribution in [0.2, 0.25) is 0 Å². The van der Waals surface area contributed by atoms with E-state index in [9.17, 15) is 17.4 Å². The van der Waals surface area contributed by atoms with E-state index in [0.29, 0.717) is 0 Å². The van der Waals surface area contributed by atoms with E-state index in [2.05, 4.69) is 54.6 Å². The van der Waals surface area contributed by atoms with Gasteiger partial charge in [0.1, 0.15) is 33.2 Å². The van der Waals surface area contributed by atoms with Crippen molar-refractivity contribution in [2.75, 3.05) is 19.8 Å². The van der Waals surface area contributed by atoms with Crippen LogP contribution in [0.3, 0.4) is 0 Å². The maximum absolute atomic E-state index is 12.2. The van der Waals surface area contributed by atoms with E-state index in [4.69, 9.17) is 28.4 Å². The highest BCUT2D eigenvalue weighted by Crippen LogP contribution is 2.37. The Morgan fingerprint density at radius 3 is 1.29 bits per heavy atom. The van der Waals surface area contributed by atoms with Crippen LogP contribution in [0.1, 0.15) is 38.5 Å². The first kappa shape index (κ1) is 34.2. The predicted molar refractivity (Wildman–Crippen MR) is 175 cm³/mol. The molecule has 3 fully saturated rings. The number of ether oxygens (including phenoxy) is 6. The van der Waals surface area contributed by atoms with Crippen molar-refractivity contribution in [2.45, 2.75) is 77.0 Å². The summed E-state index contributed by atoms with van der Waals surface area (Å²) in [4.78, 5) is 3.04. The standard InChI is InChI=1S/C30H33O6S.C6H5FO3S/c1-7-22(34-28-13-4-16-31-28)19-25(10-1)37(26-11-2-8-23(20-26)35-29-14-5-17-32-29)27-12-3-9-24(21-27)36-30-15-6-18-33-30;7-5-1-3-6(4-2-5)11(8,9)10/h1-3,7-12,19-21,28-30H,4-6,13-18H2;1-4H,(H,8,9,10)/q+1;/p-1. The Morgan fingerprint density at radius 1 is 0.604 bits per heavy atom. The summed E-state index contributed by atoms with van der Waals surface area (Å²) in [5, 5.41) is 0. The smallest absolute Gasteiger partial charge is 0.199 e. The van der Waals surface area contributed by atoms with Crippen LogP contribution in [0.15, 0.2) is 117 Å². The molecule has 0 radical (unpaired) electrons. The molecule has 3 saturated heterocycles. The molecule has 3 unspecified atom stereocenters. The minimum absolute atomic E-state index is 0.177. The zero-order chi connectivity index (χ0) is 33.3. The van der Waals surface area contributed by atoms with Gasteiger partial charge < -0.3 is 33.0 Å². The molecule has 3 atom stereocenters. The van der Waals surface area contributed by atoms with Gasteiger partial charge in [-0.1, -0.05) is 18.2 Å². The molecular weight excluding hydrogens is 660 g/mol.